The van der Waals surface area contributed by atoms with E-state index in [4.69, 9.17) is 0 Å². The van der Waals surface area contributed by atoms with E-state index in [9.17, 15) is 22.8 Å². The maximum absolute atomic E-state index is 12.6. The zero-order valence-corrected chi connectivity index (χ0v) is 14.8. The number of carbonyl (C=O) groups is 2. The van der Waals surface area contributed by atoms with Crippen molar-refractivity contribution in [3.05, 3.63) is 23.9 Å². The van der Waals surface area contributed by atoms with Crippen molar-refractivity contribution in [3.8, 4) is 0 Å². The monoisotopic (exact) mass is 388 g/mol. The Balaban J connectivity index is 1.57. The molecule has 2 fully saturated rings. The van der Waals surface area contributed by atoms with E-state index >= 15 is 0 Å². The molecule has 142 valence electrons. The highest BCUT2D eigenvalue weighted by Gasteiger charge is 2.32. The Morgan fingerprint density at radius 2 is 1.96 bits per heavy atom. The predicted octanol–water partition coefficient (Wildman–Crippen LogP) is 1.37. The van der Waals surface area contributed by atoms with Crippen LogP contribution in [0.5, 0.6) is 0 Å². The number of nitrogens with zero attached hydrogens (tertiary/aromatic N) is 3. The summed E-state index contributed by atoms with van der Waals surface area (Å²) in [6.45, 7) is 1.85. The van der Waals surface area contributed by atoms with Gasteiger partial charge in [0, 0.05) is 50.3 Å². The van der Waals surface area contributed by atoms with Gasteiger partial charge >= 0.3 is 6.18 Å². The fourth-order valence-corrected chi connectivity index (χ4v) is 3.88. The van der Waals surface area contributed by atoms with Crippen LogP contribution in [0.3, 0.4) is 0 Å². The first-order valence-corrected chi connectivity index (χ1v) is 9.44. The van der Waals surface area contributed by atoms with Crippen LogP contribution in [0.4, 0.5) is 19.0 Å². The lowest BCUT2D eigenvalue weighted by molar-refractivity contribution is -0.138. The molecule has 1 N–H and O–H groups in total. The molecule has 10 heteroatoms. The van der Waals surface area contributed by atoms with Crippen LogP contribution in [0.25, 0.3) is 0 Å². The molecule has 2 aliphatic rings. The summed E-state index contributed by atoms with van der Waals surface area (Å²) in [7, 11) is 0. The van der Waals surface area contributed by atoms with Crippen molar-refractivity contribution in [2.75, 3.05) is 42.6 Å². The molecule has 1 aromatic heterocycles. The molecule has 26 heavy (non-hydrogen) atoms. The molecule has 2 amide bonds. The third-order valence-electron chi connectivity index (χ3n) is 4.38. The van der Waals surface area contributed by atoms with Crippen molar-refractivity contribution < 1.29 is 22.8 Å². The molecule has 0 aliphatic carbocycles. The smallest absolute Gasteiger partial charge is 0.353 e. The number of piperazine rings is 1. The summed E-state index contributed by atoms with van der Waals surface area (Å²) in [5.41, 5.74) is -0.781. The van der Waals surface area contributed by atoms with Crippen molar-refractivity contribution in [2.24, 2.45) is 0 Å². The lowest BCUT2D eigenvalue weighted by atomic mass is 10.2. The van der Waals surface area contributed by atoms with Crippen LogP contribution in [0.1, 0.15) is 12.0 Å². The molecule has 0 spiro atoms. The number of amides is 2. The second-order valence-corrected chi connectivity index (χ2v) is 7.31. The van der Waals surface area contributed by atoms with Gasteiger partial charge in [0.15, 0.2) is 0 Å². The maximum Gasteiger partial charge on any atom is 0.417 e. The van der Waals surface area contributed by atoms with Gasteiger partial charge in [-0.25, -0.2) is 4.98 Å². The Morgan fingerprint density at radius 1 is 1.23 bits per heavy atom. The third-order valence-corrected chi connectivity index (χ3v) is 5.44. The molecular formula is C16H19F3N4O2S. The van der Waals surface area contributed by atoms with E-state index in [2.05, 4.69) is 10.3 Å². The highest BCUT2D eigenvalue weighted by molar-refractivity contribution is 7.99. The number of anilines is 1. The summed E-state index contributed by atoms with van der Waals surface area (Å²) in [5.74, 6) is 1.52. The minimum Gasteiger partial charge on any atom is -0.353 e. The zero-order chi connectivity index (χ0) is 18.7. The van der Waals surface area contributed by atoms with E-state index in [1.807, 2.05) is 4.90 Å². The van der Waals surface area contributed by atoms with Gasteiger partial charge in [0.2, 0.25) is 11.8 Å². The standard InChI is InChI=1S/C16H19F3N4O2S/c17-16(18,19)11-1-2-13(20-9-11)22-4-6-23(7-5-22)15(25)12-10-26-8-3-14(24)21-12/h1-2,9,12H,3-8,10H2,(H,21,24)/t12-/m0/s1. The van der Waals surface area contributed by atoms with E-state index in [1.165, 1.54) is 6.07 Å². The van der Waals surface area contributed by atoms with Crippen LogP contribution < -0.4 is 10.2 Å². The molecule has 0 saturated carbocycles. The molecular weight excluding hydrogens is 369 g/mol. The van der Waals surface area contributed by atoms with E-state index in [1.54, 1.807) is 16.7 Å². The topological polar surface area (TPSA) is 65.5 Å². The molecule has 3 heterocycles. The van der Waals surface area contributed by atoms with Gasteiger partial charge in [0.1, 0.15) is 11.9 Å². The van der Waals surface area contributed by atoms with Gasteiger partial charge < -0.3 is 15.1 Å². The van der Waals surface area contributed by atoms with Gasteiger partial charge in [-0.3, -0.25) is 9.59 Å². The molecule has 1 aromatic rings. The summed E-state index contributed by atoms with van der Waals surface area (Å²) in [4.78, 5) is 31.6. The molecule has 1 atom stereocenters. The van der Waals surface area contributed by atoms with Gasteiger partial charge in [0.25, 0.3) is 0 Å². The first-order chi connectivity index (χ1) is 12.3. The molecule has 3 rings (SSSR count). The van der Waals surface area contributed by atoms with Crippen molar-refractivity contribution in [2.45, 2.75) is 18.6 Å². The number of hydrogen-bond acceptors (Lipinski definition) is 5. The fourth-order valence-electron chi connectivity index (χ4n) is 2.92. The minimum absolute atomic E-state index is 0.104. The summed E-state index contributed by atoms with van der Waals surface area (Å²) in [6.07, 6.45) is -3.16. The van der Waals surface area contributed by atoms with Crippen molar-refractivity contribution in [3.63, 3.8) is 0 Å². The number of halogens is 3. The van der Waals surface area contributed by atoms with E-state index in [-0.39, 0.29) is 11.8 Å². The second kappa shape index (κ2) is 7.73. The van der Waals surface area contributed by atoms with Gasteiger partial charge in [-0.05, 0) is 12.1 Å². The van der Waals surface area contributed by atoms with Crippen LogP contribution in [-0.4, -0.2) is 65.4 Å². The van der Waals surface area contributed by atoms with Crippen molar-refractivity contribution >= 4 is 29.4 Å². The Labute approximate surface area is 153 Å². The Bertz CT molecular complexity index is 660. The molecule has 6 nitrogen and oxygen atoms in total. The van der Waals surface area contributed by atoms with Gasteiger partial charge in [0.05, 0.1) is 5.56 Å². The SMILES string of the molecule is O=C1CCSC[C@@H](C(=O)N2CCN(c3ccc(C(F)(F)F)cn3)CC2)N1. The maximum atomic E-state index is 12.6. The number of hydrogen-bond donors (Lipinski definition) is 1. The lowest BCUT2D eigenvalue weighted by Crippen LogP contribution is -2.55. The summed E-state index contributed by atoms with van der Waals surface area (Å²) >= 11 is 1.58. The van der Waals surface area contributed by atoms with E-state index in [0.717, 1.165) is 12.3 Å². The number of thioether (sulfide) groups is 1. The summed E-state index contributed by atoms with van der Waals surface area (Å²) in [6, 6.07) is 1.85. The van der Waals surface area contributed by atoms with Crippen LogP contribution in [0.2, 0.25) is 0 Å². The largest absolute Gasteiger partial charge is 0.417 e. The summed E-state index contributed by atoms with van der Waals surface area (Å²) < 4.78 is 37.8. The van der Waals surface area contributed by atoms with Gasteiger partial charge in [-0.2, -0.15) is 24.9 Å². The predicted molar refractivity (Wildman–Crippen MR) is 91.9 cm³/mol. The Hall–Kier alpha value is -1.97. The molecule has 0 aromatic carbocycles. The highest BCUT2D eigenvalue weighted by atomic mass is 32.2. The van der Waals surface area contributed by atoms with E-state index < -0.39 is 17.8 Å². The van der Waals surface area contributed by atoms with Gasteiger partial charge in [-0.1, -0.05) is 0 Å². The van der Waals surface area contributed by atoms with Crippen LogP contribution >= 0.6 is 11.8 Å². The molecule has 2 aliphatic heterocycles. The van der Waals surface area contributed by atoms with Crippen LogP contribution in [0, 0.1) is 0 Å². The van der Waals surface area contributed by atoms with Crippen molar-refractivity contribution in [1.29, 1.82) is 0 Å². The Morgan fingerprint density at radius 3 is 2.58 bits per heavy atom. The number of nitrogens with one attached hydrogen (secondary N) is 1. The molecule has 0 radical (unpaired) electrons. The summed E-state index contributed by atoms with van der Waals surface area (Å²) in [5, 5.41) is 2.76. The number of carbonyl (C=O) groups excluding carboxylic acids is 2. The third kappa shape index (κ3) is 4.40. The average Bonchev–Trinajstić information content (AvgIpc) is 2.85. The first-order valence-electron chi connectivity index (χ1n) is 8.28. The normalized spacial score (nSPS) is 22.0. The Kier molecular flexibility index (Phi) is 5.59. The first kappa shape index (κ1) is 18.8. The lowest BCUT2D eigenvalue weighted by Gasteiger charge is -2.37. The zero-order valence-electron chi connectivity index (χ0n) is 14.0. The number of rotatable bonds is 2. The average molecular weight is 388 g/mol. The molecule has 2 saturated heterocycles. The van der Waals surface area contributed by atoms with E-state index in [0.29, 0.717) is 49.9 Å². The fraction of sp³-hybridized carbons (Fsp3) is 0.562. The van der Waals surface area contributed by atoms with Crippen molar-refractivity contribution in [1.82, 2.24) is 15.2 Å². The number of pyridine rings is 1. The van der Waals surface area contributed by atoms with Crippen LogP contribution in [0.15, 0.2) is 18.3 Å². The number of alkyl halides is 3. The quantitative estimate of drug-likeness (QED) is 0.829. The van der Waals surface area contributed by atoms with Gasteiger partial charge in [-0.15, -0.1) is 0 Å². The molecule has 0 bridgehead atoms. The second-order valence-electron chi connectivity index (χ2n) is 6.16. The molecule has 0 unspecified atom stereocenters. The van der Waals surface area contributed by atoms with Crippen LogP contribution in [-0.2, 0) is 15.8 Å². The number of aromatic nitrogens is 1. The highest BCUT2D eigenvalue weighted by Crippen LogP contribution is 2.29. The minimum atomic E-state index is -4.40.